The minimum Gasteiger partial charge on any atom is -0.328 e. The van der Waals surface area contributed by atoms with E-state index in [9.17, 15) is 14.0 Å². The molecule has 3 atom stereocenters. The van der Waals surface area contributed by atoms with Crippen molar-refractivity contribution in [2.45, 2.75) is 32.9 Å². The van der Waals surface area contributed by atoms with E-state index in [0.29, 0.717) is 53.6 Å². The number of carbonyl (C=O) groups excluding carboxylic acids is 2. The van der Waals surface area contributed by atoms with E-state index in [2.05, 4.69) is 13.9 Å². The van der Waals surface area contributed by atoms with Gasteiger partial charge in [-0.3, -0.25) is 14.5 Å². The molecule has 1 saturated carbocycles. The fourth-order valence-corrected chi connectivity index (χ4v) is 5.56. The lowest BCUT2D eigenvalue weighted by Gasteiger charge is -2.36. The summed E-state index contributed by atoms with van der Waals surface area (Å²) in [5.41, 5.74) is 1.27. The van der Waals surface area contributed by atoms with Crippen LogP contribution in [0.4, 0.5) is 10.2 Å². The van der Waals surface area contributed by atoms with E-state index in [0.717, 1.165) is 12.1 Å². The number of amides is 2. The molecule has 0 spiro atoms. The molecule has 1 aromatic carbocycles. The van der Waals surface area contributed by atoms with E-state index in [1.807, 2.05) is 13.8 Å². The van der Waals surface area contributed by atoms with E-state index in [1.165, 1.54) is 35.8 Å². The van der Waals surface area contributed by atoms with Crippen molar-refractivity contribution in [1.29, 1.82) is 0 Å². The molecule has 6 rings (SSSR count). The van der Waals surface area contributed by atoms with Crippen LogP contribution in [0.1, 0.15) is 41.3 Å². The van der Waals surface area contributed by atoms with Crippen LogP contribution in [-0.4, -0.2) is 48.7 Å². The van der Waals surface area contributed by atoms with Gasteiger partial charge in [0.25, 0.3) is 5.91 Å². The van der Waals surface area contributed by atoms with Crippen molar-refractivity contribution in [3.05, 3.63) is 47.2 Å². The number of carbonyl (C=O) groups is 2. The second-order valence-electron chi connectivity index (χ2n) is 8.68. The first-order valence-electron chi connectivity index (χ1n) is 10.7. The highest BCUT2D eigenvalue weighted by Gasteiger charge is 2.54. The van der Waals surface area contributed by atoms with Gasteiger partial charge in [-0.1, -0.05) is 0 Å². The minimum atomic E-state index is -0.378. The first-order valence-corrected chi connectivity index (χ1v) is 11.5. The molecule has 2 amide bonds. The third-order valence-electron chi connectivity index (χ3n) is 6.66. The topological polar surface area (TPSA) is 84.2 Å². The Balaban J connectivity index is 1.43. The Morgan fingerprint density at radius 1 is 1.19 bits per heavy atom. The Bertz CT molecular complexity index is 1250. The van der Waals surface area contributed by atoms with Crippen LogP contribution in [0.3, 0.4) is 0 Å². The van der Waals surface area contributed by atoms with Gasteiger partial charge in [0.15, 0.2) is 16.6 Å². The summed E-state index contributed by atoms with van der Waals surface area (Å²) >= 11 is 1.28. The Kier molecular flexibility index (Phi) is 4.23. The number of imidazole rings is 1. The number of hydrogen-bond donors (Lipinski definition) is 0. The molecule has 0 bridgehead atoms. The summed E-state index contributed by atoms with van der Waals surface area (Å²) in [6.07, 6.45) is 0.957. The highest BCUT2D eigenvalue weighted by atomic mass is 32.1. The van der Waals surface area contributed by atoms with Crippen LogP contribution >= 0.6 is 11.5 Å². The van der Waals surface area contributed by atoms with Gasteiger partial charge in [0, 0.05) is 31.1 Å². The second-order valence-corrected chi connectivity index (χ2v) is 9.43. The van der Waals surface area contributed by atoms with E-state index < -0.39 is 0 Å². The number of anilines is 1. The van der Waals surface area contributed by atoms with Gasteiger partial charge in [-0.05, 0) is 62.0 Å². The third-order valence-corrected chi connectivity index (χ3v) is 7.47. The zero-order valence-corrected chi connectivity index (χ0v) is 18.5. The predicted octanol–water partition coefficient (Wildman–Crippen LogP) is 3.05. The summed E-state index contributed by atoms with van der Waals surface area (Å²) < 4.78 is 19.7. The van der Waals surface area contributed by atoms with Gasteiger partial charge in [0.2, 0.25) is 5.91 Å². The maximum atomic E-state index is 13.3. The summed E-state index contributed by atoms with van der Waals surface area (Å²) in [6, 6.07) is 5.29. The zero-order valence-electron chi connectivity index (χ0n) is 17.7. The molecule has 10 heteroatoms. The van der Waals surface area contributed by atoms with Crippen molar-refractivity contribution in [2.24, 2.45) is 11.8 Å². The van der Waals surface area contributed by atoms with Crippen molar-refractivity contribution in [3.8, 4) is 10.8 Å². The van der Waals surface area contributed by atoms with Crippen LogP contribution in [0, 0.1) is 24.6 Å². The van der Waals surface area contributed by atoms with Gasteiger partial charge in [-0.25, -0.2) is 14.4 Å². The second kappa shape index (κ2) is 6.93. The van der Waals surface area contributed by atoms with Crippen molar-refractivity contribution in [1.82, 2.24) is 23.8 Å². The lowest BCUT2D eigenvalue weighted by atomic mass is 10.1. The molecule has 2 aliphatic heterocycles. The fourth-order valence-electron chi connectivity index (χ4n) is 4.89. The number of piperidine rings is 1. The minimum absolute atomic E-state index is 0.107. The number of halogens is 1. The highest BCUT2D eigenvalue weighted by molar-refractivity contribution is 7.09. The molecule has 1 aliphatic carbocycles. The number of rotatable bonds is 3. The summed E-state index contributed by atoms with van der Waals surface area (Å²) in [5.74, 6) is 2.07. The molecular formula is C22H21FN6O2S. The van der Waals surface area contributed by atoms with Crippen molar-refractivity contribution >= 4 is 29.2 Å². The van der Waals surface area contributed by atoms with Gasteiger partial charge in [-0.2, -0.15) is 4.37 Å². The molecule has 1 saturated heterocycles. The molecule has 0 unspecified atom stereocenters. The monoisotopic (exact) mass is 452 g/mol. The Hall–Kier alpha value is -3.14. The number of nitrogens with zero attached hydrogens (tertiary/aromatic N) is 6. The molecular weight excluding hydrogens is 431 g/mol. The fraction of sp³-hybridized carbons (Fsp3) is 0.409. The Morgan fingerprint density at radius 3 is 2.62 bits per heavy atom. The summed E-state index contributed by atoms with van der Waals surface area (Å²) in [5, 5.41) is 0.706. The third kappa shape index (κ3) is 2.89. The van der Waals surface area contributed by atoms with E-state index >= 15 is 0 Å². The van der Waals surface area contributed by atoms with E-state index in [4.69, 9.17) is 4.98 Å². The van der Waals surface area contributed by atoms with Crippen LogP contribution in [0.15, 0.2) is 24.3 Å². The molecule has 3 aliphatic rings. The smallest absolute Gasteiger partial charge is 0.254 e. The molecule has 8 nitrogen and oxygen atoms in total. The van der Waals surface area contributed by atoms with Gasteiger partial charge >= 0.3 is 0 Å². The van der Waals surface area contributed by atoms with Gasteiger partial charge in [0.1, 0.15) is 11.6 Å². The lowest BCUT2D eigenvalue weighted by Crippen LogP contribution is -2.42. The van der Waals surface area contributed by atoms with Gasteiger partial charge in [0.05, 0.1) is 11.7 Å². The molecule has 164 valence electrons. The number of hydrogen-bond acceptors (Lipinski definition) is 6. The first kappa shape index (κ1) is 19.5. The lowest BCUT2D eigenvalue weighted by molar-refractivity contribution is -0.118. The highest BCUT2D eigenvalue weighted by Crippen LogP contribution is 2.49. The predicted molar refractivity (Wildman–Crippen MR) is 116 cm³/mol. The van der Waals surface area contributed by atoms with Crippen LogP contribution in [0.2, 0.25) is 0 Å². The van der Waals surface area contributed by atoms with Crippen molar-refractivity contribution in [2.75, 3.05) is 18.0 Å². The van der Waals surface area contributed by atoms with Gasteiger partial charge < -0.3 is 9.47 Å². The number of aromatic nitrogens is 4. The Labute approximate surface area is 187 Å². The van der Waals surface area contributed by atoms with Crippen molar-refractivity contribution < 1.29 is 14.0 Å². The number of benzene rings is 1. The van der Waals surface area contributed by atoms with Gasteiger partial charge in [-0.15, -0.1) is 0 Å². The Morgan fingerprint density at radius 2 is 1.97 bits per heavy atom. The molecule has 3 aromatic rings. The number of fused-ring (bicyclic) bond motifs is 2. The molecule has 32 heavy (non-hydrogen) atoms. The standard InChI is InChI=1S/C22H21FN6O2S/c1-11-17-18(29-10-14-9-16(14)22(29)31)25-19(20-24-12(2)26-32-20)28(17)8-7-27(11)21(30)13-3-5-15(23)6-4-13/h3-6,11,14,16H,7-10H2,1-2H3/t11-,14+,16+/m1/s1. The first-order chi connectivity index (χ1) is 15.4. The summed E-state index contributed by atoms with van der Waals surface area (Å²) in [7, 11) is 0. The largest absolute Gasteiger partial charge is 0.328 e. The average molecular weight is 453 g/mol. The maximum Gasteiger partial charge on any atom is 0.254 e. The quantitative estimate of drug-likeness (QED) is 0.610. The molecule has 0 N–H and O–H groups in total. The number of aryl methyl sites for hydroxylation is 1. The van der Waals surface area contributed by atoms with E-state index in [1.54, 1.807) is 9.80 Å². The van der Waals surface area contributed by atoms with Crippen LogP contribution in [-0.2, 0) is 11.3 Å². The SMILES string of the molecule is Cc1nsc(-c2nc(N3C[C@@H]4C[C@@H]4C3=O)c3n2CCN(C(=O)c2ccc(F)cc2)[C@@H]3C)n1. The van der Waals surface area contributed by atoms with Crippen LogP contribution in [0.5, 0.6) is 0 Å². The maximum absolute atomic E-state index is 13.3. The molecule has 4 heterocycles. The molecule has 0 radical (unpaired) electrons. The summed E-state index contributed by atoms with van der Waals surface area (Å²) in [6.45, 7) is 5.46. The van der Waals surface area contributed by atoms with E-state index in [-0.39, 0.29) is 29.6 Å². The zero-order chi connectivity index (χ0) is 22.1. The van der Waals surface area contributed by atoms with Crippen LogP contribution < -0.4 is 4.90 Å². The normalized spacial score (nSPS) is 24.0. The summed E-state index contributed by atoms with van der Waals surface area (Å²) in [4.78, 5) is 39.1. The molecule has 2 fully saturated rings. The van der Waals surface area contributed by atoms with Crippen LogP contribution in [0.25, 0.3) is 10.8 Å². The average Bonchev–Trinajstić information content (AvgIpc) is 3.08. The van der Waals surface area contributed by atoms with Crippen molar-refractivity contribution in [3.63, 3.8) is 0 Å². The molecule has 2 aromatic heterocycles.